The lowest BCUT2D eigenvalue weighted by Crippen LogP contribution is -2.32. The molecule has 0 spiro atoms. The molecule has 0 bridgehead atoms. The highest BCUT2D eigenvalue weighted by molar-refractivity contribution is 7.99. The molecule has 1 saturated heterocycles. The quantitative estimate of drug-likeness (QED) is 0.875. The summed E-state index contributed by atoms with van der Waals surface area (Å²) in [5.41, 5.74) is 3.23. The number of hydrogen-bond acceptors (Lipinski definition) is 4. The van der Waals surface area contributed by atoms with Gasteiger partial charge in [-0.05, 0) is 36.6 Å². The lowest BCUT2D eigenvalue weighted by Gasteiger charge is -2.30. The third-order valence-electron chi connectivity index (χ3n) is 4.00. The molecule has 122 valence electrons. The SMILES string of the molecule is Cc1cc(NC(=O)CC(O)C(C)C)ccc1N1CCSCC1. The first-order valence-corrected chi connectivity index (χ1v) is 9.04. The van der Waals surface area contributed by atoms with Crippen LogP contribution in [-0.2, 0) is 4.79 Å². The number of nitrogens with one attached hydrogen (secondary N) is 1. The van der Waals surface area contributed by atoms with Gasteiger partial charge in [0.05, 0.1) is 12.5 Å². The van der Waals surface area contributed by atoms with Gasteiger partial charge in [-0.2, -0.15) is 11.8 Å². The molecule has 0 radical (unpaired) electrons. The van der Waals surface area contributed by atoms with Crippen LogP contribution in [0.15, 0.2) is 18.2 Å². The maximum atomic E-state index is 11.9. The first kappa shape index (κ1) is 17.2. The third-order valence-corrected chi connectivity index (χ3v) is 4.94. The first-order valence-electron chi connectivity index (χ1n) is 7.88. The molecule has 4 nitrogen and oxygen atoms in total. The van der Waals surface area contributed by atoms with Crippen LogP contribution in [0.25, 0.3) is 0 Å². The van der Waals surface area contributed by atoms with Crippen LogP contribution in [0.4, 0.5) is 11.4 Å². The lowest BCUT2D eigenvalue weighted by molar-refractivity contribution is -0.118. The summed E-state index contributed by atoms with van der Waals surface area (Å²) in [7, 11) is 0. The molecule has 1 aromatic carbocycles. The highest BCUT2D eigenvalue weighted by Gasteiger charge is 2.16. The number of nitrogens with zero attached hydrogens (tertiary/aromatic N) is 1. The number of hydrogen-bond donors (Lipinski definition) is 2. The van der Waals surface area contributed by atoms with Crippen LogP contribution in [-0.4, -0.2) is 41.7 Å². The Morgan fingerprint density at radius 3 is 2.64 bits per heavy atom. The summed E-state index contributed by atoms with van der Waals surface area (Å²) in [4.78, 5) is 14.3. The largest absolute Gasteiger partial charge is 0.392 e. The molecular weight excluding hydrogens is 296 g/mol. The zero-order valence-electron chi connectivity index (χ0n) is 13.6. The summed E-state index contributed by atoms with van der Waals surface area (Å²) < 4.78 is 0. The molecule has 0 aromatic heterocycles. The second-order valence-corrected chi connectivity index (χ2v) is 7.39. The van der Waals surface area contributed by atoms with Crippen LogP contribution < -0.4 is 10.2 Å². The Kier molecular flexibility index (Phi) is 6.15. The van der Waals surface area contributed by atoms with Gasteiger partial charge in [0.2, 0.25) is 5.91 Å². The Bertz CT molecular complexity index is 513. The topological polar surface area (TPSA) is 52.6 Å². The van der Waals surface area contributed by atoms with Crippen LogP contribution in [0.1, 0.15) is 25.8 Å². The summed E-state index contributed by atoms with van der Waals surface area (Å²) >= 11 is 2.00. The minimum atomic E-state index is -0.591. The van der Waals surface area contributed by atoms with Crippen LogP contribution >= 0.6 is 11.8 Å². The molecule has 1 fully saturated rings. The lowest BCUT2D eigenvalue weighted by atomic mass is 10.0. The summed E-state index contributed by atoms with van der Waals surface area (Å²) in [6.07, 6.45) is -0.451. The number of anilines is 2. The van der Waals surface area contributed by atoms with Crippen LogP contribution in [0.3, 0.4) is 0 Å². The number of thioether (sulfide) groups is 1. The summed E-state index contributed by atoms with van der Waals surface area (Å²) in [5, 5.41) is 12.7. The van der Waals surface area contributed by atoms with Crippen molar-refractivity contribution in [3.8, 4) is 0 Å². The van der Waals surface area contributed by atoms with E-state index in [1.54, 1.807) is 0 Å². The third kappa shape index (κ3) is 4.65. The second kappa shape index (κ2) is 7.88. The maximum absolute atomic E-state index is 11.9. The molecule has 0 aliphatic carbocycles. The van der Waals surface area contributed by atoms with E-state index < -0.39 is 6.10 Å². The highest BCUT2D eigenvalue weighted by atomic mass is 32.2. The van der Waals surface area contributed by atoms with Crippen molar-refractivity contribution in [2.24, 2.45) is 5.92 Å². The Morgan fingerprint density at radius 1 is 1.36 bits per heavy atom. The summed E-state index contributed by atoms with van der Waals surface area (Å²) in [6, 6.07) is 6.04. The van der Waals surface area contributed by atoms with Gasteiger partial charge in [0.25, 0.3) is 0 Å². The van der Waals surface area contributed by atoms with Crippen molar-refractivity contribution < 1.29 is 9.90 Å². The molecule has 2 rings (SSSR count). The van der Waals surface area contributed by atoms with Gasteiger partial charge in [-0.1, -0.05) is 13.8 Å². The number of aliphatic hydroxyl groups excluding tert-OH is 1. The zero-order chi connectivity index (χ0) is 16.1. The number of aliphatic hydroxyl groups is 1. The van der Waals surface area contributed by atoms with E-state index in [1.807, 2.05) is 37.7 Å². The highest BCUT2D eigenvalue weighted by Crippen LogP contribution is 2.26. The van der Waals surface area contributed by atoms with Crippen LogP contribution in [0, 0.1) is 12.8 Å². The second-order valence-electron chi connectivity index (χ2n) is 6.16. The minimum Gasteiger partial charge on any atom is -0.392 e. The molecule has 2 N–H and O–H groups in total. The van der Waals surface area contributed by atoms with Gasteiger partial charge < -0.3 is 15.3 Å². The van der Waals surface area contributed by atoms with Gasteiger partial charge in [0.1, 0.15) is 0 Å². The van der Waals surface area contributed by atoms with E-state index in [0.717, 1.165) is 18.8 Å². The van der Waals surface area contributed by atoms with Gasteiger partial charge in [-0.25, -0.2) is 0 Å². The standard InChI is InChI=1S/C17H26N2O2S/c1-12(2)16(20)11-17(21)18-14-4-5-15(13(3)10-14)19-6-8-22-9-7-19/h4-5,10,12,16,20H,6-9,11H2,1-3H3,(H,18,21). The average Bonchev–Trinajstić information content (AvgIpc) is 2.48. The van der Waals surface area contributed by atoms with Gasteiger partial charge in [-0.15, -0.1) is 0 Å². The van der Waals surface area contributed by atoms with Crippen LogP contribution in [0.5, 0.6) is 0 Å². The fraction of sp³-hybridized carbons (Fsp3) is 0.588. The van der Waals surface area contributed by atoms with Gasteiger partial charge in [0, 0.05) is 36.0 Å². The number of benzene rings is 1. The maximum Gasteiger partial charge on any atom is 0.226 e. The van der Waals surface area contributed by atoms with E-state index in [0.29, 0.717) is 0 Å². The molecule has 1 unspecified atom stereocenters. The first-order chi connectivity index (χ1) is 10.5. The predicted octanol–water partition coefficient (Wildman–Crippen LogP) is 2.89. The molecular formula is C17H26N2O2S. The smallest absolute Gasteiger partial charge is 0.226 e. The fourth-order valence-electron chi connectivity index (χ4n) is 2.53. The molecule has 1 aromatic rings. The zero-order valence-corrected chi connectivity index (χ0v) is 14.4. The normalized spacial score (nSPS) is 16.7. The predicted molar refractivity (Wildman–Crippen MR) is 94.8 cm³/mol. The number of aryl methyl sites for hydroxylation is 1. The molecule has 0 saturated carbocycles. The van der Waals surface area contributed by atoms with Crippen molar-refractivity contribution >= 4 is 29.0 Å². The van der Waals surface area contributed by atoms with E-state index >= 15 is 0 Å². The molecule has 1 aliphatic rings. The van der Waals surface area contributed by atoms with Gasteiger partial charge in [-0.3, -0.25) is 4.79 Å². The monoisotopic (exact) mass is 322 g/mol. The molecule has 1 atom stereocenters. The number of rotatable bonds is 5. The van der Waals surface area contributed by atoms with Gasteiger partial charge >= 0.3 is 0 Å². The van der Waals surface area contributed by atoms with E-state index in [9.17, 15) is 9.90 Å². The van der Waals surface area contributed by atoms with E-state index in [-0.39, 0.29) is 18.2 Å². The van der Waals surface area contributed by atoms with Crippen molar-refractivity contribution in [3.05, 3.63) is 23.8 Å². The average molecular weight is 322 g/mol. The number of carbonyl (C=O) groups is 1. The molecule has 5 heteroatoms. The van der Waals surface area contributed by atoms with E-state index in [2.05, 4.69) is 23.2 Å². The number of amides is 1. The van der Waals surface area contributed by atoms with Gasteiger partial charge in [0.15, 0.2) is 0 Å². The van der Waals surface area contributed by atoms with Crippen molar-refractivity contribution in [1.82, 2.24) is 0 Å². The van der Waals surface area contributed by atoms with Crippen molar-refractivity contribution in [3.63, 3.8) is 0 Å². The molecule has 1 heterocycles. The minimum absolute atomic E-state index is 0.0897. The molecule has 1 amide bonds. The molecule has 1 aliphatic heterocycles. The Hall–Kier alpha value is -1.20. The summed E-state index contributed by atoms with van der Waals surface area (Å²) in [5.74, 6) is 2.30. The van der Waals surface area contributed by atoms with E-state index in [1.165, 1.54) is 22.8 Å². The Morgan fingerprint density at radius 2 is 2.05 bits per heavy atom. The number of carbonyl (C=O) groups excluding carboxylic acids is 1. The van der Waals surface area contributed by atoms with Crippen molar-refractivity contribution in [2.75, 3.05) is 34.8 Å². The summed E-state index contributed by atoms with van der Waals surface area (Å²) in [6.45, 7) is 8.06. The fourth-order valence-corrected chi connectivity index (χ4v) is 3.43. The van der Waals surface area contributed by atoms with E-state index in [4.69, 9.17) is 0 Å². The van der Waals surface area contributed by atoms with Crippen molar-refractivity contribution in [2.45, 2.75) is 33.3 Å². The Balaban J connectivity index is 1.98. The van der Waals surface area contributed by atoms with Crippen LogP contribution in [0.2, 0.25) is 0 Å². The molecule has 22 heavy (non-hydrogen) atoms. The van der Waals surface area contributed by atoms with Crippen molar-refractivity contribution in [1.29, 1.82) is 0 Å². The Labute approximate surface area is 137 Å².